The molecule has 0 heterocycles. The Hall–Kier alpha value is -1.34. The Morgan fingerprint density at radius 3 is 2.53 bits per heavy atom. The molecule has 1 unspecified atom stereocenters. The van der Waals surface area contributed by atoms with Crippen LogP contribution in [0.2, 0.25) is 0 Å². The predicted octanol–water partition coefficient (Wildman–Crippen LogP) is 0.838. The van der Waals surface area contributed by atoms with Crippen LogP contribution in [-0.4, -0.2) is 32.3 Å². The summed E-state index contributed by atoms with van der Waals surface area (Å²) < 4.78 is 47.9. The van der Waals surface area contributed by atoms with Crippen LogP contribution in [0, 0.1) is 11.6 Å². The summed E-state index contributed by atoms with van der Waals surface area (Å²) in [6, 6.07) is 1.93. The second kappa shape index (κ2) is 6.21. The maximum Gasteiger partial charge on any atom is 0.154 e. The topological polar surface area (TPSA) is 77.2 Å². The number of carbonyl (C=O) groups is 1. The number of nitrogens with two attached hydrogens (primary N) is 1. The smallest absolute Gasteiger partial charge is 0.154 e. The number of benzene rings is 1. The van der Waals surface area contributed by atoms with Crippen molar-refractivity contribution in [3.05, 3.63) is 35.4 Å². The summed E-state index contributed by atoms with van der Waals surface area (Å²) in [5.41, 5.74) is 5.58. The predicted molar refractivity (Wildman–Crippen MR) is 67.4 cm³/mol. The first kappa shape index (κ1) is 15.7. The van der Waals surface area contributed by atoms with Gasteiger partial charge in [-0.3, -0.25) is 4.79 Å². The molecule has 0 radical (unpaired) electrons. The van der Waals surface area contributed by atoms with Crippen LogP contribution < -0.4 is 5.73 Å². The number of sulfone groups is 1. The van der Waals surface area contributed by atoms with Crippen LogP contribution in [0.3, 0.4) is 0 Å². The highest BCUT2D eigenvalue weighted by Gasteiger charge is 2.18. The third-order valence-corrected chi connectivity index (χ3v) is 3.57. The lowest BCUT2D eigenvalue weighted by molar-refractivity contribution is -0.119. The van der Waals surface area contributed by atoms with Crippen molar-refractivity contribution in [2.24, 2.45) is 5.73 Å². The average Bonchev–Trinajstić information content (AvgIpc) is 2.28. The minimum absolute atomic E-state index is 0.0134. The first-order valence-corrected chi connectivity index (χ1v) is 7.65. The van der Waals surface area contributed by atoms with Gasteiger partial charge < -0.3 is 5.73 Å². The molecule has 0 fully saturated rings. The zero-order valence-electron chi connectivity index (χ0n) is 10.4. The first-order chi connectivity index (χ1) is 8.69. The van der Waals surface area contributed by atoms with Gasteiger partial charge in [-0.25, -0.2) is 17.2 Å². The van der Waals surface area contributed by atoms with Crippen LogP contribution in [0.4, 0.5) is 8.78 Å². The van der Waals surface area contributed by atoms with E-state index in [0.29, 0.717) is 6.07 Å². The molecule has 1 aromatic rings. The van der Waals surface area contributed by atoms with E-state index in [1.54, 1.807) is 0 Å². The molecule has 1 atom stereocenters. The van der Waals surface area contributed by atoms with Crippen molar-refractivity contribution in [3.63, 3.8) is 0 Å². The van der Waals surface area contributed by atoms with Crippen molar-refractivity contribution in [2.45, 2.75) is 18.9 Å². The van der Waals surface area contributed by atoms with E-state index >= 15 is 0 Å². The molecule has 2 N–H and O–H groups in total. The molecular weight excluding hydrogens is 276 g/mol. The fraction of sp³-hybridized carbons (Fsp3) is 0.417. The van der Waals surface area contributed by atoms with Gasteiger partial charge in [-0.15, -0.1) is 0 Å². The molecule has 0 saturated carbocycles. The first-order valence-electron chi connectivity index (χ1n) is 5.59. The zero-order chi connectivity index (χ0) is 14.6. The van der Waals surface area contributed by atoms with Crippen LogP contribution >= 0.6 is 0 Å². The number of Topliss-reactive ketones (excluding diaryl/α,β-unsaturated/α-hetero) is 1. The normalized spacial score (nSPS) is 13.3. The standard InChI is InChI=1S/C12H15F2NO3S/c1-19(17,18)5-4-11(15)12(16)6-8-2-3-9(13)7-10(8)14/h2-3,7,11H,4-6,15H2,1H3. The molecular formula is C12H15F2NO3S. The Kier molecular flexibility index (Phi) is 5.13. The molecule has 106 valence electrons. The fourth-order valence-corrected chi connectivity index (χ4v) is 2.17. The Bertz CT molecular complexity index is 572. The van der Waals surface area contributed by atoms with Gasteiger partial charge in [0.05, 0.1) is 11.8 Å². The molecule has 0 amide bonds. The molecule has 1 aromatic carbocycles. The van der Waals surface area contributed by atoms with E-state index in [1.165, 1.54) is 6.07 Å². The fourth-order valence-electron chi connectivity index (χ4n) is 1.49. The van der Waals surface area contributed by atoms with Gasteiger partial charge in [0, 0.05) is 18.7 Å². The van der Waals surface area contributed by atoms with Crippen molar-refractivity contribution in [2.75, 3.05) is 12.0 Å². The van der Waals surface area contributed by atoms with Gasteiger partial charge in [-0.05, 0) is 18.1 Å². The SMILES string of the molecule is CS(=O)(=O)CCC(N)C(=O)Cc1ccc(F)cc1F. The second-order valence-corrected chi connectivity index (χ2v) is 6.66. The highest BCUT2D eigenvalue weighted by Crippen LogP contribution is 2.11. The Labute approximate surface area is 110 Å². The maximum atomic E-state index is 13.3. The van der Waals surface area contributed by atoms with E-state index < -0.39 is 33.3 Å². The third kappa shape index (κ3) is 5.44. The van der Waals surface area contributed by atoms with Gasteiger partial charge in [0.25, 0.3) is 0 Å². The summed E-state index contributed by atoms with van der Waals surface area (Å²) in [4.78, 5) is 11.7. The number of halogens is 2. The van der Waals surface area contributed by atoms with E-state index in [9.17, 15) is 22.0 Å². The molecule has 0 aromatic heterocycles. The largest absolute Gasteiger partial charge is 0.321 e. The summed E-state index contributed by atoms with van der Waals surface area (Å²) in [6.45, 7) is 0. The molecule has 0 saturated heterocycles. The highest BCUT2D eigenvalue weighted by molar-refractivity contribution is 7.90. The molecule has 19 heavy (non-hydrogen) atoms. The van der Waals surface area contributed by atoms with Crippen molar-refractivity contribution in [1.82, 2.24) is 0 Å². The van der Waals surface area contributed by atoms with Crippen LogP contribution in [0.1, 0.15) is 12.0 Å². The van der Waals surface area contributed by atoms with Crippen LogP contribution in [0.5, 0.6) is 0 Å². The molecule has 1 rings (SSSR count). The number of rotatable bonds is 6. The summed E-state index contributed by atoms with van der Waals surface area (Å²) in [6.07, 6.45) is 0.751. The van der Waals surface area contributed by atoms with Gasteiger partial charge in [0.1, 0.15) is 21.5 Å². The molecule has 0 aliphatic heterocycles. The van der Waals surface area contributed by atoms with Gasteiger partial charge in [0.2, 0.25) is 0 Å². The summed E-state index contributed by atoms with van der Waals surface area (Å²) in [7, 11) is -3.20. The Morgan fingerprint density at radius 1 is 1.37 bits per heavy atom. The van der Waals surface area contributed by atoms with E-state index in [0.717, 1.165) is 12.3 Å². The van der Waals surface area contributed by atoms with Gasteiger partial charge in [-0.1, -0.05) is 6.07 Å². The molecule has 4 nitrogen and oxygen atoms in total. The monoisotopic (exact) mass is 291 g/mol. The molecule has 0 aliphatic rings. The van der Waals surface area contributed by atoms with E-state index in [2.05, 4.69) is 0 Å². The second-order valence-electron chi connectivity index (χ2n) is 4.40. The van der Waals surface area contributed by atoms with Gasteiger partial charge >= 0.3 is 0 Å². The van der Waals surface area contributed by atoms with Crippen LogP contribution in [0.15, 0.2) is 18.2 Å². The van der Waals surface area contributed by atoms with Crippen molar-refractivity contribution >= 4 is 15.6 Å². The minimum Gasteiger partial charge on any atom is -0.321 e. The molecule has 0 bridgehead atoms. The summed E-state index contributed by atoms with van der Waals surface area (Å²) in [5, 5.41) is 0. The van der Waals surface area contributed by atoms with Crippen molar-refractivity contribution < 1.29 is 22.0 Å². The van der Waals surface area contributed by atoms with Crippen molar-refractivity contribution in [1.29, 1.82) is 0 Å². The maximum absolute atomic E-state index is 13.3. The summed E-state index contributed by atoms with van der Waals surface area (Å²) in [5.74, 6) is -2.22. The number of hydrogen-bond acceptors (Lipinski definition) is 4. The third-order valence-electron chi connectivity index (χ3n) is 2.59. The van der Waals surface area contributed by atoms with Gasteiger partial charge in [-0.2, -0.15) is 0 Å². The van der Waals surface area contributed by atoms with Crippen molar-refractivity contribution in [3.8, 4) is 0 Å². The highest BCUT2D eigenvalue weighted by atomic mass is 32.2. The molecule has 7 heteroatoms. The Morgan fingerprint density at radius 2 is 2.00 bits per heavy atom. The van der Waals surface area contributed by atoms with E-state index in [4.69, 9.17) is 5.73 Å². The lowest BCUT2D eigenvalue weighted by Gasteiger charge is -2.10. The molecule has 0 spiro atoms. The lowest BCUT2D eigenvalue weighted by Crippen LogP contribution is -2.33. The Balaban J connectivity index is 2.64. The number of carbonyl (C=O) groups excluding carboxylic acids is 1. The quantitative estimate of drug-likeness (QED) is 0.842. The number of hydrogen-bond donors (Lipinski definition) is 1. The van der Waals surface area contributed by atoms with Crippen LogP contribution in [0.25, 0.3) is 0 Å². The van der Waals surface area contributed by atoms with Crippen LogP contribution in [-0.2, 0) is 21.1 Å². The van der Waals surface area contributed by atoms with Gasteiger partial charge in [0.15, 0.2) is 5.78 Å². The molecule has 0 aliphatic carbocycles. The van der Waals surface area contributed by atoms with E-state index in [1.807, 2.05) is 0 Å². The van der Waals surface area contributed by atoms with E-state index in [-0.39, 0.29) is 24.2 Å². The summed E-state index contributed by atoms with van der Waals surface area (Å²) >= 11 is 0. The average molecular weight is 291 g/mol. The minimum atomic E-state index is -3.20. The zero-order valence-corrected chi connectivity index (χ0v) is 11.2. The number of ketones is 1. The lowest BCUT2D eigenvalue weighted by atomic mass is 10.0.